The first-order valence-corrected chi connectivity index (χ1v) is 9.24. The zero-order valence-corrected chi connectivity index (χ0v) is 14.6. The van der Waals surface area contributed by atoms with Crippen LogP contribution in [-0.2, 0) is 5.33 Å². The molecular formula is C16H13BrN2S2. The van der Waals surface area contributed by atoms with Crippen LogP contribution in [0.4, 0.5) is 0 Å². The molecule has 0 unspecified atom stereocenters. The zero-order chi connectivity index (χ0) is 14.7. The number of nitrogens with zero attached hydrogens (tertiary/aromatic N) is 2. The highest BCUT2D eigenvalue weighted by Crippen LogP contribution is 2.22. The van der Waals surface area contributed by atoms with Gasteiger partial charge >= 0.3 is 0 Å². The SMILES string of the molecule is BrCc1nc2ccccc2s1.Cc1nc2ccccc2s1. The third-order valence-electron chi connectivity index (χ3n) is 2.85. The Hall–Kier alpha value is -1.30. The summed E-state index contributed by atoms with van der Waals surface area (Å²) in [6.07, 6.45) is 0. The molecule has 4 aromatic rings. The number of hydrogen-bond acceptors (Lipinski definition) is 4. The molecular weight excluding hydrogens is 364 g/mol. The summed E-state index contributed by atoms with van der Waals surface area (Å²) in [7, 11) is 0. The lowest BCUT2D eigenvalue weighted by Gasteiger charge is -1.80. The Bertz CT molecular complexity index is 801. The molecule has 2 aromatic heterocycles. The van der Waals surface area contributed by atoms with E-state index in [-0.39, 0.29) is 0 Å². The Labute approximate surface area is 139 Å². The van der Waals surface area contributed by atoms with E-state index in [0.29, 0.717) is 0 Å². The number of thiazole rings is 2. The van der Waals surface area contributed by atoms with Gasteiger partial charge in [-0.05, 0) is 31.2 Å². The van der Waals surface area contributed by atoms with E-state index in [2.05, 4.69) is 38.0 Å². The van der Waals surface area contributed by atoms with Crippen molar-refractivity contribution in [2.75, 3.05) is 0 Å². The fourth-order valence-electron chi connectivity index (χ4n) is 1.96. The smallest absolute Gasteiger partial charge is 0.104 e. The molecule has 0 atom stereocenters. The van der Waals surface area contributed by atoms with Crippen LogP contribution in [0.3, 0.4) is 0 Å². The Morgan fingerprint density at radius 3 is 2.00 bits per heavy atom. The lowest BCUT2D eigenvalue weighted by molar-refractivity contribution is 1.32. The molecule has 5 heteroatoms. The molecule has 21 heavy (non-hydrogen) atoms. The number of para-hydroxylation sites is 2. The lowest BCUT2D eigenvalue weighted by atomic mass is 10.3. The number of hydrogen-bond donors (Lipinski definition) is 0. The molecule has 2 heterocycles. The lowest BCUT2D eigenvalue weighted by Crippen LogP contribution is -1.70. The average molecular weight is 377 g/mol. The summed E-state index contributed by atoms with van der Waals surface area (Å²) in [6, 6.07) is 16.4. The van der Waals surface area contributed by atoms with Crippen molar-refractivity contribution in [3.8, 4) is 0 Å². The van der Waals surface area contributed by atoms with Crippen molar-refractivity contribution in [3.05, 3.63) is 58.5 Å². The number of benzene rings is 2. The van der Waals surface area contributed by atoms with Crippen LogP contribution in [-0.4, -0.2) is 9.97 Å². The molecule has 0 aliphatic carbocycles. The van der Waals surface area contributed by atoms with Gasteiger partial charge in [-0.3, -0.25) is 0 Å². The number of fused-ring (bicyclic) bond motifs is 2. The number of aromatic nitrogens is 2. The van der Waals surface area contributed by atoms with Gasteiger partial charge < -0.3 is 0 Å². The summed E-state index contributed by atoms with van der Waals surface area (Å²) < 4.78 is 2.54. The number of aryl methyl sites for hydroxylation is 1. The topological polar surface area (TPSA) is 25.8 Å². The minimum absolute atomic E-state index is 0.854. The van der Waals surface area contributed by atoms with Crippen LogP contribution in [0.25, 0.3) is 20.4 Å². The van der Waals surface area contributed by atoms with Crippen molar-refractivity contribution >= 4 is 59.0 Å². The quantitative estimate of drug-likeness (QED) is 0.392. The molecule has 4 rings (SSSR count). The molecule has 0 aliphatic rings. The Balaban J connectivity index is 0.000000126. The number of rotatable bonds is 1. The predicted octanol–water partition coefficient (Wildman–Crippen LogP) is 5.80. The summed E-state index contributed by atoms with van der Waals surface area (Å²) in [5.41, 5.74) is 2.22. The molecule has 2 aromatic carbocycles. The molecule has 0 bridgehead atoms. The predicted molar refractivity (Wildman–Crippen MR) is 96.6 cm³/mol. The van der Waals surface area contributed by atoms with Crippen LogP contribution >= 0.6 is 38.6 Å². The molecule has 0 saturated heterocycles. The first-order valence-electron chi connectivity index (χ1n) is 6.49. The maximum Gasteiger partial charge on any atom is 0.104 e. The van der Waals surface area contributed by atoms with E-state index in [0.717, 1.165) is 26.4 Å². The molecule has 0 aliphatic heterocycles. The molecule has 0 spiro atoms. The molecule has 0 N–H and O–H groups in total. The Morgan fingerprint density at radius 2 is 1.43 bits per heavy atom. The summed E-state index contributed by atoms with van der Waals surface area (Å²) in [5.74, 6) is 0. The van der Waals surface area contributed by atoms with Gasteiger partial charge in [-0.25, -0.2) is 9.97 Å². The van der Waals surface area contributed by atoms with Gasteiger partial charge in [-0.2, -0.15) is 0 Å². The third kappa shape index (κ3) is 3.48. The number of alkyl halides is 1. The van der Waals surface area contributed by atoms with Gasteiger partial charge in [0.25, 0.3) is 0 Å². The summed E-state index contributed by atoms with van der Waals surface area (Å²) in [5, 5.41) is 3.14. The normalized spacial score (nSPS) is 10.6. The first-order chi connectivity index (χ1) is 10.3. The average Bonchev–Trinajstić information content (AvgIpc) is 3.09. The molecule has 2 nitrogen and oxygen atoms in total. The van der Waals surface area contributed by atoms with E-state index in [1.165, 1.54) is 9.40 Å². The highest BCUT2D eigenvalue weighted by molar-refractivity contribution is 9.08. The van der Waals surface area contributed by atoms with Gasteiger partial charge in [-0.15, -0.1) is 22.7 Å². The fourth-order valence-corrected chi connectivity index (χ4v) is 4.08. The van der Waals surface area contributed by atoms with Gasteiger partial charge in [0.15, 0.2) is 0 Å². The van der Waals surface area contributed by atoms with E-state index in [1.807, 2.05) is 43.3 Å². The Kier molecular flexibility index (Phi) is 4.63. The van der Waals surface area contributed by atoms with Crippen LogP contribution in [0.2, 0.25) is 0 Å². The van der Waals surface area contributed by atoms with Crippen LogP contribution in [0.15, 0.2) is 48.5 Å². The van der Waals surface area contributed by atoms with Gasteiger partial charge in [0, 0.05) is 0 Å². The van der Waals surface area contributed by atoms with E-state index >= 15 is 0 Å². The first kappa shape index (κ1) is 14.6. The standard InChI is InChI=1S/C8H6BrNS.C8H7NS/c9-5-8-10-6-3-1-2-4-7(6)11-8;1-6-9-7-4-2-3-5-8(7)10-6/h1-4H,5H2;2-5H,1H3. The summed E-state index contributed by atoms with van der Waals surface area (Å²) in [4.78, 5) is 8.73. The zero-order valence-electron chi connectivity index (χ0n) is 11.4. The van der Waals surface area contributed by atoms with Gasteiger partial charge in [0.1, 0.15) is 5.01 Å². The number of halogens is 1. The summed E-state index contributed by atoms with van der Waals surface area (Å²) in [6.45, 7) is 2.03. The van der Waals surface area contributed by atoms with Gasteiger partial charge in [-0.1, -0.05) is 40.2 Å². The van der Waals surface area contributed by atoms with Crippen LogP contribution in [0, 0.1) is 6.92 Å². The Morgan fingerprint density at radius 1 is 0.857 bits per heavy atom. The van der Waals surface area contributed by atoms with E-state index < -0.39 is 0 Å². The van der Waals surface area contributed by atoms with Crippen molar-refractivity contribution in [2.24, 2.45) is 0 Å². The largest absolute Gasteiger partial charge is 0.242 e. The minimum Gasteiger partial charge on any atom is -0.242 e. The maximum atomic E-state index is 4.40. The van der Waals surface area contributed by atoms with E-state index in [1.54, 1.807) is 22.7 Å². The van der Waals surface area contributed by atoms with E-state index in [4.69, 9.17) is 0 Å². The second-order valence-corrected chi connectivity index (χ2v) is 7.32. The monoisotopic (exact) mass is 376 g/mol. The summed E-state index contributed by atoms with van der Waals surface area (Å²) >= 11 is 6.86. The molecule has 0 fully saturated rings. The second kappa shape index (κ2) is 6.64. The fraction of sp³-hybridized carbons (Fsp3) is 0.125. The van der Waals surface area contributed by atoms with Crippen LogP contribution in [0.1, 0.15) is 10.0 Å². The van der Waals surface area contributed by atoms with Crippen molar-refractivity contribution in [3.63, 3.8) is 0 Å². The molecule has 0 saturated carbocycles. The molecule has 106 valence electrons. The second-order valence-electron chi connectivity index (χ2n) is 4.41. The third-order valence-corrected chi connectivity index (χ3v) is 5.74. The van der Waals surface area contributed by atoms with Crippen molar-refractivity contribution in [1.82, 2.24) is 9.97 Å². The van der Waals surface area contributed by atoms with Crippen molar-refractivity contribution in [2.45, 2.75) is 12.3 Å². The van der Waals surface area contributed by atoms with E-state index in [9.17, 15) is 0 Å². The molecule has 0 amide bonds. The van der Waals surface area contributed by atoms with Crippen molar-refractivity contribution in [1.29, 1.82) is 0 Å². The highest BCUT2D eigenvalue weighted by atomic mass is 79.9. The van der Waals surface area contributed by atoms with Crippen LogP contribution in [0.5, 0.6) is 0 Å². The molecule has 0 radical (unpaired) electrons. The highest BCUT2D eigenvalue weighted by Gasteiger charge is 1.99. The van der Waals surface area contributed by atoms with Crippen molar-refractivity contribution < 1.29 is 0 Å². The van der Waals surface area contributed by atoms with Gasteiger partial charge in [0.05, 0.1) is 30.8 Å². The minimum atomic E-state index is 0.854. The maximum absolute atomic E-state index is 4.40. The van der Waals surface area contributed by atoms with Crippen LogP contribution < -0.4 is 0 Å². The van der Waals surface area contributed by atoms with Gasteiger partial charge in [0.2, 0.25) is 0 Å².